The Labute approximate surface area is 177 Å². The van der Waals surface area contributed by atoms with Crippen molar-refractivity contribution in [1.29, 1.82) is 0 Å². The monoisotopic (exact) mass is 414 g/mol. The van der Waals surface area contributed by atoms with Gasteiger partial charge in [0, 0.05) is 21.1 Å². The number of rotatable bonds is 3. The van der Waals surface area contributed by atoms with Crippen LogP contribution in [0, 0.1) is 0 Å². The summed E-state index contributed by atoms with van der Waals surface area (Å²) in [4.78, 5) is 12.5. The number of carboxylic acid groups (broad SMARTS) is 1. The fraction of sp³-hybridized carbons (Fsp3) is 0.435. The van der Waals surface area contributed by atoms with Gasteiger partial charge in [-0.2, -0.15) is 0 Å². The summed E-state index contributed by atoms with van der Waals surface area (Å²) in [6.45, 7) is 11.2. The van der Waals surface area contributed by atoms with E-state index in [4.69, 9.17) is 25.4 Å². The maximum atomic E-state index is 9.00. The Morgan fingerprint density at radius 2 is 0.966 bits per heavy atom. The summed E-state index contributed by atoms with van der Waals surface area (Å²) in [5, 5.41) is 28.8. The predicted molar refractivity (Wildman–Crippen MR) is 122 cm³/mol. The zero-order chi connectivity index (χ0) is 23.9. The molecular weight excluding hydrogens is 372 g/mol. The molecule has 0 aliphatic carbocycles. The molecule has 6 heteroatoms. The van der Waals surface area contributed by atoms with Gasteiger partial charge in [0.1, 0.15) is 0 Å². The van der Waals surface area contributed by atoms with Crippen LogP contribution < -0.4 is 0 Å². The van der Waals surface area contributed by atoms with Crippen molar-refractivity contribution < 1.29 is 30.3 Å². The van der Waals surface area contributed by atoms with Crippen molar-refractivity contribution in [2.75, 3.05) is 20.8 Å². The number of hydrogen-bond donors (Lipinski definition) is 4. The first-order chi connectivity index (χ1) is 14.1. The predicted octanol–water partition coefficient (Wildman–Crippen LogP) is 5.13. The minimum atomic E-state index is -0.833. The van der Waals surface area contributed by atoms with Gasteiger partial charge in [0.05, 0.1) is 6.61 Å². The van der Waals surface area contributed by atoms with Crippen LogP contribution in [0.4, 0.5) is 0 Å². The molecular formula is C23H42O6. The van der Waals surface area contributed by atoms with E-state index in [0.29, 0.717) is 6.61 Å². The molecule has 0 radical (unpaired) electrons. The summed E-state index contributed by atoms with van der Waals surface area (Å²) >= 11 is 0. The van der Waals surface area contributed by atoms with Gasteiger partial charge >= 0.3 is 0 Å². The van der Waals surface area contributed by atoms with Crippen LogP contribution >= 0.6 is 0 Å². The maximum absolute atomic E-state index is 9.00. The Bertz CT molecular complexity index is 432. The molecule has 2 aromatic carbocycles. The quantitative estimate of drug-likeness (QED) is 0.409. The molecule has 0 amide bonds. The van der Waals surface area contributed by atoms with E-state index < -0.39 is 5.97 Å². The second kappa shape index (κ2) is 40.4. The highest BCUT2D eigenvalue weighted by atomic mass is 17.1. The SMILES string of the molecule is CC.CC.CC(=O)O.CCOO.CO.CO.c1ccc(Cc2ccccc2)cc1. The van der Waals surface area contributed by atoms with Crippen molar-refractivity contribution in [2.45, 2.75) is 48.0 Å². The van der Waals surface area contributed by atoms with E-state index in [1.165, 1.54) is 11.1 Å². The Balaban J connectivity index is -0.000000101. The smallest absolute Gasteiger partial charge is 0.300 e. The van der Waals surface area contributed by atoms with Gasteiger partial charge in [0.2, 0.25) is 0 Å². The number of aliphatic hydroxyl groups excluding tert-OH is 2. The molecule has 0 aromatic heterocycles. The van der Waals surface area contributed by atoms with Crippen molar-refractivity contribution >= 4 is 5.97 Å². The number of hydrogen-bond acceptors (Lipinski definition) is 5. The van der Waals surface area contributed by atoms with Crippen molar-refractivity contribution in [3.05, 3.63) is 71.8 Å². The van der Waals surface area contributed by atoms with Crippen molar-refractivity contribution in [3.63, 3.8) is 0 Å². The summed E-state index contributed by atoms with van der Waals surface area (Å²) in [5.74, 6) is -0.833. The molecule has 0 spiro atoms. The summed E-state index contributed by atoms with van der Waals surface area (Å²) in [6.07, 6.45) is 1.03. The molecule has 0 atom stereocenters. The lowest BCUT2D eigenvalue weighted by atomic mass is 10.1. The van der Waals surface area contributed by atoms with Crippen LogP contribution in [-0.4, -0.2) is 47.4 Å². The van der Waals surface area contributed by atoms with Crippen LogP contribution in [0.3, 0.4) is 0 Å². The summed E-state index contributed by atoms with van der Waals surface area (Å²) in [5.41, 5.74) is 2.74. The lowest BCUT2D eigenvalue weighted by Gasteiger charge is -2.00. The van der Waals surface area contributed by atoms with E-state index in [1.807, 2.05) is 27.7 Å². The van der Waals surface area contributed by atoms with E-state index in [2.05, 4.69) is 65.6 Å². The zero-order valence-electron chi connectivity index (χ0n) is 19.3. The van der Waals surface area contributed by atoms with Gasteiger partial charge in [-0.05, 0) is 24.5 Å². The number of aliphatic carboxylic acids is 1. The third kappa shape index (κ3) is 41.3. The van der Waals surface area contributed by atoms with Crippen LogP contribution in [0.25, 0.3) is 0 Å². The highest BCUT2D eigenvalue weighted by molar-refractivity contribution is 5.62. The lowest BCUT2D eigenvalue weighted by Crippen LogP contribution is -1.85. The Morgan fingerprint density at radius 1 is 0.759 bits per heavy atom. The Kier molecular flexibility index (Phi) is 52.3. The normalized spacial score (nSPS) is 7.14. The minimum Gasteiger partial charge on any atom is -0.481 e. The molecule has 0 aliphatic rings. The fourth-order valence-corrected chi connectivity index (χ4v) is 1.43. The molecule has 0 saturated heterocycles. The van der Waals surface area contributed by atoms with Crippen molar-refractivity contribution in [2.24, 2.45) is 0 Å². The standard InChI is InChI=1S/C13H12.C2H6O2.C2H4O2.2C2H6.2CH4O/c1-3-7-12(8-4-1)11-13-9-5-2-6-10-13;1-2-4-3;1-2(3)4;4*1-2/h1-10H,11H2;3H,2H2,1H3;1H3,(H,3,4);2*1-2H3;2*2H,1H3. The summed E-state index contributed by atoms with van der Waals surface area (Å²) in [6, 6.07) is 21.1. The molecule has 0 bridgehead atoms. The second-order valence-corrected chi connectivity index (χ2v) is 4.08. The highest BCUT2D eigenvalue weighted by Crippen LogP contribution is 2.07. The van der Waals surface area contributed by atoms with E-state index >= 15 is 0 Å². The van der Waals surface area contributed by atoms with Crippen molar-refractivity contribution in [1.82, 2.24) is 0 Å². The number of aliphatic hydroxyl groups is 2. The van der Waals surface area contributed by atoms with Gasteiger partial charge in [0.25, 0.3) is 5.97 Å². The third-order valence-corrected chi connectivity index (χ3v) is 2.22. The first kappa shape index (κ1) is 37.5. The first-order valence-corrected chi connectivity index (χ1v) is 9.53. The largest absolute Gasteiger partial charge is 0.481 e. The minimum absolute atomic E-state index is 0.375. The van der Waals surface area contributed by atoms with Gasteiger partial charge < -0.3 is 15.3 Å². The van der Waals surface area contributed by atoms with Gasteiger partial charge in [-0.3, -0.25) is 10.1 Å². The molecule has 170 valence electrons. The van der Waals surface area contributed by atoms with Crippen LogP contribution in [-0.2, 0) is 16.1 Å². The molecule has 0 saturated carbocycles. The number of benzene rings is 2. The van der Waals surface area contributed by atoms with Crippen LogP contribution in [0.1, 0.15) is 52.7 Å². The third-order valence-electron chi connectivity index (χ3n) is 2.22. The maximum Gasteiger partial charge on any atom is 0.300 e. The second-order valence-electron chi connectivity index (χ2n) is 4.08. The Morgan fingerprint density at radius 3 is 1.14 bits per heavy atom. The fourth-order valence-electron chi connectivity index (χ4n) is 1.43. The highest BCUT2D eigenvalue weighted by Gasteiger charge is 1.92. The number of carboxylic acids is 1. The van der Waals surface area contributed by atoms with Gasteiger partial charge in [-0.15, -0.1) is 0 Å². The Hall–Kier alpha value is -2.25. The van der Waals surface area contributed by atoms with E-state index in [1.54, 1.807) is 6.92 Å². The van der Waals surface area contributed by atoms with Crippen LogP contribution in [0.15, 0.2) is 60.7 Å². The molecule has 0 unspecified atom stereocenters. The van der Waals surface area contributed by atoms with E-state index in [0.717, 1.165) is 27.6 Å². The first-order valence-electron chi connectivity index (χ1n) is 9.53. The van der Waals surface area contributed by atoms with E-state index in [-0.39, 0.29) is 0 Å². The molecule has 2 rings (SSSR count). The van der Waals surface area contributed by atoms with E-state index in [9.17, 15) is 0 Å². The molecule has 4 N–H and O–H groups in total. The van der Waals surface area contributed by atoms with Gasteiger partial charge in [0.15, 0.2) is 0 Å². The molecule has 0 aliphatic heterocycles. The van der Waals surface area contributed by atoms with Gasteiger partial charge in [-0.25, -0.2) is 4.89 Å². The number of carbonyl (C=O) groups is 1. The summed E-state index contributed by atoms with van der Waals surface area (Å²) < 4.78 is 0. The average Bonchev–Trinajstić information content (AvgIpc) is 2.80. The molecule has 0 fully saturated rings. The van der Waals surface area contributed by atoms with Crippen molar-refractivity contribution in [3.8, 4) is 0 Å². The zero-order valence-corrected chi connectivity index (χ0v) is 19.3. The summed E-state index contributed by atoms with van der Waals surface area (Å²) in [7, 11) is 2.00. The molecule has 2 aromatic rings. The molecule has 0 heterocycles. The van der Waals surface area contributed by atoms with Gasteiger partial charge in [-0.1, -0.05) is 88.4 Å². The van der Waals surface area contributed by atoms with Crippen LogP contribution in [0.5, 0.6) is 0 Å². The molecule has 29 heavy (non-hydrogen) atoms. The molecule has 6 nitrogen and oxygen atoms in total. The topological polar surface area (TPSA) is 107 Å². The lowest BCUT2D eigenvalue weighted by molar-refractivity contribution is -0.237. The van der Waals surface area contributed by atoms with Crippen LogP contribution in [0.2, 0.25) is 0 Å². The average molecular weight is 415 g/mol.